The molecule has 0 unspecified atom stereocenters. The fourth-order valence-electron chi connectivity index (χ4n) is 1.98. The minimum Gasteiger partial charge on any atom is -0.362 e. The first-order valence-corrected chi connectivity index (χ1v) is 7.92. The lowest BCUT2D eigenvalue weighted by Crippen LogP contribution is -2.29. The van der Waals surface area contributed by atoms with Crippen LogP contribution >= 0.6 is 12.2 Å². The maximum absolute atomic E-state index is 5.24. The van der Waals surface area contributed by atoms with Gasteiger partial charge in [0.25, 0.3) is 0 Å². The second-order valence-corrected chi connectivity index (χ2v) is 5.33. The number of unbranched alkanes of at least 4 members (excludes halogenated alkanes) is 2. The van der Waals surface area contributed by atoms with Crippen molar-refractivity contribution in [3.63, 3.8) is 0 Å². The molecule has 1 aromatic carbocycles. The zero-order valence-corrected chi connectivity index (χ0v) is 13.4. The van der Waals surface area contributed by atoms with Crippen LogP contribution in [0.5, 0.6) is 0 Å². The van der Waals surface area contributed by atoms with Crippen LogP contribution < -0.4 is 10.6 Å². The van der Waals surface area contributed by atoms with Crippen LogP contribution in [0.25, 0.3) is 6.08 Å². The lowest BCUT2D eigenvalue weighted by Gasteiger charge is -2.09. The van der Waals surface area contributed by atoms with E-state index in [0.717, 1.165) is 31.5 Å². The number of aromatic nitrogens is 1. The number of pyridine rings is 1. The molecule has 114 valence electrons. The summed E-state index contributed by atoms with van der Waals surface area (Å²) in [5.74, 6) is 0. The smallest absolute Gasteiger partial charge is 0.170 e. The van der Waals surface area contributed by atoms with Crippen molar-refractivity contribution in [1.82, 2.24) is 10.3 Å². The molecule has 0 aliphatic rings. The summed E-state index contributed by atoms with van der Waals surface area (Å²) in [6.45, 7) is 0.885. The summed E-state index contributed by atoms with van der Waals surface area (Å²) in [5.41, 5.74) is 2.21. The maximum Gasteiger partial charge on any atom is 0.170 e. The molecule has 22 heavy (non-hydrogen) atoms. The monoisotopic (exact) mass is 311 g/mol. The van der Waals surface area contributed by atoms with E-state index in [0.29, 0.717) is 5.11 Å². The van der Waals surface area contributed by atoms with Crippen molar-refractivity contribution < 1.29 is 0 Å². The first kappa shape index (κ1) is 16.2. The van der Waals surface area contributed by atoms with E-state index in [-0.39, 0.29) is 0 Å². The molecule has 0 amide bonds. The summed E-state index contributed by atoms with van der Waals surface area (Å²) in [6.07, 6.45) is 11.2. The van der Waals surface area contributed by atoms with Gasteiger partial charge in [-0.05, 0) is 49.2 Å². The molecule has 0 aliphatic carbocycles. The molecular weight excluding hydrogens is 290 g/mol. The average Bonchev–Trinajstić information content (AvgIpc) is 2.56. The maximum atomic E-state index is 5.24. The van der Waals surface area contributed by atoms with E-state index in [9.17, 15) is 0 Å². The summed E-state index contributed by atoms with van der Waals surface area (Å²) in [5, 5.41) is 7.01. The van der Waals surface area contributed by atoms with Gasteiger partial charge in [0.2, 0.25) is 0 Å². The first-order chi connectivity index (χ1) is 10.8. The molecule has 2 N–H and O–H groups in total. The van der Waals surface area contributed by atoms with Gasteiger partial charge in [-0.1, -0.05) is 42.5 Å². The Hall–Kier alpha value is -2.20. The second-order valence-electron chi connectivity index (χ2n) is 4.93. The van der Waals surface area contributed by atoms with Gasteiger partial charge < -0.3 is 10.6 Å². The molecule has 0 spiro atoms. The third-order valence-corrected chi connectivity index (χ3v) is 3.38. The van der Waals surface area contributed by atoms with Gasteiger partial charge in [0.1, 0.15) is 0 Å². The van der Waals surface area contributed by atoms with E-state index in [1.165, 1.54) is 5.56 Å². The number of hydrogen-bond donors (Lipinski definition) is 2. The Bertz CT molecular complexity index is 582. The molecule has 0 saturated heterocycles. The predicted molar refractivity (Wildman–Crippen MR) is 97.8 cm³/mol. The zero-order chi connectivity index (χ0) is 15.5. The highest BCUT2D eigenvalue weighted by atomic mass is 32.1. The van der Waals surface area contributed by atoms with Crippen LogP contribution in [0.3, 0.4) is 0 Å². The van der Waals surface area contributed by atoms with Gasteiger partial charge in [0.05, 0.1) is 0 Å². The highest BCUT2D eigenvalue weighted by Gasteiger charge is 1.95. The molecular formula is C18H21N3S. The average molecular weight is 311 g/mol. The van der Waals surface area contributed by atoms with Gasteiger partial charge in [-0.3, -0.25) is 4.98 Å². The third kappa shape index (κ3) is 6.50. The van der Waals surface area contributed by atoms with Crippen molar-refractivity contribution in [3.8, 4) is 0 Å². The molecule has 4 heteroatoms. The van der Waals surface area contributed by atoms with Crippen LogP contribution in [-0.2, 0) is 0 Å². The van der Waals surface area contributed by atoms with Crippen molar-refractivity contribution in [1.29, 1.82) is 0 Å². The van der Waals surface area contributed by atoms with Gasteiger partial charge >= 0.3 is 0 Å². The van der Waals surface area contributed by atoms with E-state index in [1.807, 2.05) is 18.2 Å². The molecule has 2 rings (SSSR count). The fourth-order valence-corrected chi connectivity index (χ4v) is 2.20. The van der Waals surface area contributed by atoms with E-state index < -0.39 is 0 Å². The minimum atomic E-state index is 0.658. The lowest BCUT2D eigenvalue weighted by molar-refractivity contribution is 0.723. The largest absolute Gasteiger partial charge is 0.362 e. The Balaban J connectivity index is 1.54. The van der Waals surface area contributed by atoms with Crippen LogP contribution in [0.4, 0.5) is 5.69 Å². The van der Waals surface area contributed by atoms with Gasteiger partial charge in [-0.25, -0.2) is 0 Å². The van der Waals surface area contributed by atoms with Crippen LogP contribution in [-0.4, -0.2) is 16.6 Å². The zero-order valence-electron chi connectivity index (χ0n) is 12.5. The second kappa shape index (κ2) is 9.68. The molecule has 0 aliphatic heterocycles. The van der Waals surface area contributed by atoms with Gasteiger partial charge in [0, 0.05) is 24.6 Å². The third-order valence-electron chi connectivity index (χ3n) is 3.13. The number of nitrogens with zero attached hydrogens (tertiary/aromatic N) is 1. The van der Waals surface area contributed by atoms with E-state index >= 15 is 0 Å². The summed E-state index contributed by atoms with van der Waals surface area (Å²) >= 11 is 5.24. The topological polar surface area (TPSA) is 37.0 Å². The van der Waals surface area contributed by atoms with Crippen molar-refractivity contribution in [2.45, 2.75) is 19.3 Å². The molecule has 3 nitrogen and oxygen atoms in total. The number of benzene rings is 1. The number of rotatable bonds is 7. The summed E-state index contributed by atoms with van der Waals surface area (Å²) in [4.78, 5) is 3.97. The Morgan fingerprint density at radius 1 is 1.05 bits per heavy atom. The molecule has 0 fully saturated rings. The summed E-state index contributed by atoms with van der Waals surface area (Å²) in [6, 6.07) is 14.2. The Morgan fingerprint density at radius 3 is 2.59 bits per heavy atom. The van der Waals surface area contributed by atoms with Crippen molar-refractivity contribution in [2.24, 2.45) is 0 Å². The van der Waals surface area contributed by atoms with Crippen molar-refractivity contribution >= 4 is 29.1 Å². The molecule has 0 atom stereocenters. The Kier molecular flexibility index (Phi) is 7.12. The van der Waals surface area contributed by atoms with Crippen LogP contribution in [0.2, 0.25) is 0 Å². The molecule has 1 heterocycles. The van der Waals surface area contributed by atoms with Gasteiger partial charge in [0.15, 0.2) is 5.11 Å². The fraction of sp³-hybridized carbons (Fsp3) is 0.222. The number of hydrogen-bond acceptors (Lipinski definition) is 2. The predicted octanol–water partition coefficient (Wildman–Crippen LogP) is 4.25. The Labute approximate surface area is 137 Å². The van der Waals surface area contributed by atoms with Gasteiger partial charge in [-0.15, -0.1) is 0 Å². The Morgan fingerprint density at radius 2 is 1.82 bits per heavy atom. The van der Waals surface area contributed by atoms with Crippen molar-refractivity contribution in [2.75, 3.05) is 11.9 Å². The number of anilines is 1. The van der Waals surface area contributed by atoms with Crippen LogP contribution in [0.15, 0.2) is 60.9 Å². The van der Waals surface area contributed by atoms with Crippen molar-refractivity contribution in [3.05, 3.63) is 66.5 Å². The standard InChI is InChI=1S/C18H21N3S/c22-18(21-17-11-14-19-15-12-17)20-13-7-2-1-4-8-16-9-5-3-6-10-16/h3-6,8-12,14-15H,1-2,7,13H2,(H2,19,20,21,22)/b8-4-. The normalized spacial score (nSPS) is 10.5. The van der Waals surface area contributed by atoms with Crippen LogP contribution in [0.1, 0.15) is 24.8 Å². The molecule has 0 bridgehead atoms. The molecule has 0 radical (unpaired) electrons. The highest BCUT2D eigenvalue weighted by Crippen LogP contribution is 2.04. The summed E-state index contributed by atoms with van der Waals surface area (Å²) in [7, 11) is 0. The highest BCUT2D eigenvalue weighted by molar-refractivity contribution is 7.80. The quantitative estimate of drug-likeness (QED) is 0.592. The number of nitrogens with one attached hydrogen (secondary N) is 2. The molecule has 2 aromatic rings. The molecule has 1 aromatic heterocycles. The number of thiocarbonyl (C=S) groups is 1. The molecule has 0 saturated carbocycles. The first-order valence-electron chi connectivity index (χ1n) is 7.51. The van der Waals surface area contributed by atoms with Gasteiger partial charge in [-0.2, -0.15) is 0 Å². The van der Waals surface area contributed by atoms with Crippen LogP contribution in [0, 0.1) is 0 Å². The summed E-state index contributed by atoms with van der Waals surface area (Å²) < 4.78 is 0. The number of allylic oxidation sites excluding steroid dienone is 1. The SMILES string of the molecule is S=C(NCCCC/C=C\c1ccccc1)Nc1ccncc1. The van der Waals surface area contributed by atoms with E-state index in [1.54, 1.807) is 12.4 Å². The van der Waals surface area contributed by atoms with E-state index in [2.05, 4.69) is 52.0 Å². The minimum absolute atomic E-state index is 0.658. The van der Waals surface area contributed by atoms with E-state index in [4.69, 9.17) is 12.2 Å². The lowest BCUT2D eigenvalue weighted by atomic mass is 10.1.